The Kier molecular flexibility index (Phi) is 5.25. The van der Waals surface area contributed by atoms with Crippen molar-refractivity contribution in [2.24, 2.45) is 7.05 Å². The van der Waals surface area contributed by atoms with E-state index in [0.29, 0.717) is 24.8 Å². The molecular weight excluding hydrogens is 194 g/mol. The highest BCUT2D eigenvalue weighted by Gasteiger charge is 2.03. The van der Waals surface area contributed by atoms with Gasteiger partial charge in [-0.1, -0.05) is 0 Å². The van der Waals surface area contributed by atoms with Crippen molar-refractivity contribution in [3.05, 3.63) is 6.20 Å². The Bertz CT molecular complexity index is 252. The summed E-state index contributed by atoms with van der Waals surface area (Å²) in [5, 5.41) is 4.00. The second-order valence-corrected chi connectivity index (χ2v) is 2.40. The average molecular weight is 208 g/mol. The molecule has 1 heterocycles. The number of aryl methyl sites for hydroxylation is 1. The predicted molar refractivity (Wildman–Crippen MR) is 52.2 cm³/mol. The summed E-state index contributed by atoms with van der Waals surface area (Å²) >= 11 is 0. The first-order valence-corrected chi connectivity index (χ1v) is 3.65. The van der Waals surface area contributed by atoms with Crippen LogP contribution in [0.1, 0.15) is 0 Å². The van der Waals surface area contributed by atoms with Crippen molar-refractivity contribution in [2.75, 3.05) is 26.1 Å². The van der Waals surface area contributed by atoms with E-state index in [1.165, 1.54) is 0 Å². The molecule has 0 aromatic carbocycles. The summed E-state index contributed by atoms with van der Waals surface area (Å²) < 4.78 is 11.6. The van der Waals surface area contributed by atoms with E-state index in [1.807, 2.05) is 0 Å². The van der Waals surface area contributed by atoms with E-state index in [1.54, 1.807) is 25.0 Å². The Morgan fingerprint density at radius 1 is 1.54 bits per heavy atom. The summed E-state index contributed by atoms with van der Waals surface area (Å²) in [5.74, 6) is 0.467. The summed E-state index contributed by atoms with van der Waals surface area (Å²) in [6.45, 7) is 1.01. The number of rotatable bonds is 4. The normalized spacial score (nSPS) is 9.38. The van der Waals surface area contributed by atoms with Crippen LogP contribution < -0.4 is 10.5 Å². The fourth-order valence-electron chi connectivity index (χ4n) is 0.820. The second kappa shape index (κ2) is 5.66. The molecule has 2 N–H and O–H groups in total. The average Bonchev–Trinajstić information content (AvgIpc) is 2.31. The lowest BCUT2D eigenvalue weighted by molar-refractivity contribution is 0.143. The minimum absolute atomic E-state index is 0. The molecule has 6 heteroatoms. The van der Waals surface area contributed by atoms with Crippen molar-refractivity contribution in [1.29, 1.82) is 0 Å². The molecule has 76 valence electrons. The van der Waals surface area contributed by atoms with Gasteiger partial charge in [-0.05, 0) is 0 Å². The highest BCUT2D eigenvalue weighted by Crippen LogP contribution is 2.16. The summed E-state index contributed by atoms with van der Waals surface area (Å²) in [5.41, 5.74) is 6.12. The van der Waals surface area contributed by atoms with Crippen molar-refractivity contribution in [2.45, 2.75) is 0 Å². The van der Waals surface area contributed by atoms with Gasteiger partial charge in [0.1, 0.15) is 12.3 Å². The van der Waals surface area contributed by atoms with E-state index in [-0.39, 0.29) is 12.4 Å². The molecule has 0 fully saturated rings. The molecule has 0 spiro atoms. The molecule has 0 aliphatic carbocycles. The zero-order chi connectivity index (χ0) is 8.97. The van der Waals surface area contributed by atoms with Gasteiger partial charge >= 0.3 is 0 Å². The maximum atomic E-state index is 5.57. The number of aromatic nitrogens is 2. The Labute approximate surface area is 83.2 Å². The monoisotopic (exact) mass is 207 g/mol. The third kappa shape index (κ3) is 3.52. The van der Waals surface area contributed by atoms with E-state index in [9.17, 15) is 0 Å². The molecule has 1 aromatic heterocycles. The first kappa shape index (κ1) is 12.1. The van der Waals surface area contributed by atoms with Crippen molar-refractivity contribution >= 4 is 18.1 Å². The van der Waals surface area contributed by atoms with Gasteiger partial charge in [0.25, 0.3) is 5.88 Å². The molecule has 0 atom stereocenters. The largest absolute Gasteiger partial charge is 0.473 e. The molecule has 1 rings (SSSR count). The first-order chi connectivity index (χ1) is 5.74. The Morgan fingerprint density at radius 3 is 2.69 bits per heavy atom. The van der Waals surface area contributed by atoms with Crippen LogP contribution in [-0.2, 0) is 11.8 Å². The van der Waals surface area contributed by atoms with Crippen molar-refractivity contribution < 1.29 is 9.47 Å². The predicted octanol–water partition coefficient (Wildman–Crippen LogP) is 0.449. The number of hydrogen-bond donors (Lipinski definition) is 1. The van der Waals surface area contributed by atoms with Gasteiger partial charge in [-0.2, -0.15) is 0 Å². The van der Waals surface area contributed by atoms with Crippen LogP contribution in [0, 0.1) is 0 Å². The van der Waals surface area contributed by atoms with Gasteiger partial charge in [-0.3, -0.25) is 4.68 Å². The van der Waals surface area contributed by atoms with Crippen LogP contribution in [-0.4, -0.2) is 30.1 Å². The van der Waals surface area contributed by atoms with Gasteiger partial charge in [0.2, 0.25) is 0 Å². The number of halogens is 1. The molecule has 5 nitrogen and oxygen atoms in total. The van der Waals surface area contributed by atoms with Crippen LogP contribution in [0.3, 0.4) is 0 Å². The topological polar surface area (TPSA) is 62.3 Å². The molecule has 1 aromatic rings. The number of anilines is 1. The minimum Gasteiger partial charge on any atom is -0.473 e. The fraction of sp³-hybridized carbons (Fsp3) is 0.571. The Hall–Kier alpha value is -0.940. The third-order valence-corrected chi connectivity index (χ3v) is 1.35. The summed E-state index contributed by atoms with van der Waals surface area (Å²) in [7, 11) is 3.41. The van der Waals surface area contributed by atoms with Gasteiger partial charge < -0.3 is 15.2 Å². The molecular formula is C7H14ClN3O2. The number of nitrogens with zero attached hydrogens (tertiary/aromatic N) is 2. The maximum Gasteiger partial charge on any atom is 0.256 e. The minimum atomic E-state index is 0. The van der Waals surface area contributed by atoms with Gasteiger partial charge in [0.05, 0.1) is 12.8 Å². The van der Waals surface area contributed by atoms with Crippen LogP contribution in [0.5, 0.6) is 5.88 Å². The van der Waals surface area contributed by atoms with Crippen LogP contribution in [0.15, 0.2) is 6.20 Å². The van der Waals surface area contributed by atoms with Gasteiger partial charge in [-0.15, -0.1) is 17.5 Å². The van der Waals surface area contributed by atoms with Gasteiger partial charge in [-0.25, -0.2) is 0 Å². The van der Waals surface area contributed by atoms with Crippen molar-refractivity contribution in [3.63, 3.8) is 0 Å². The lowest BCUT2D eigenvalue weighted by Gasteiger charge is -2.01. The number of nitrogen functional groups attached to an aromatic ring is 1. The van der Waals surface area contributed by atoms with E-state index in [4.69, 9.17) is 15.2 Å². The number of hydrogen-bond acceptors (Lipinski definition) is 4. The highest BCUT2D eigenvalue weighted by molar-refractivity contribution is 5.85. The third-order valence-electron chi connectivity index (χ3n) is 1.35. The molecule has 0 saturated heterocycles. The van der Waals surface area contributed by atoms with Crippen LogP contribution >= 0.6 is 12.4 Å². The molecule has 0 amide bonds. The highest BCUT2D eigenvalue weighted by atomic mass is 35.5. The second-order valence-electron chi connectivity index (χ2n) is 2.40. The van der Waals surface area contributed by atoms with Crippen LogP contribution in [0.2, 0.25) is 0 Å². The number of ether oxygens (including phenoxy) is 2. The summed E-state index contributed by atoms with van der Waals surface area (Å²) in [6, 6.07) is 0. The lowest BCUT2D eigenvalue weighted by atomic mass is 10.6. The van der Waals surface area contributed by atoms with Gasteiger partial charge in [0, 0.05) is 14.2 Å². The summed E-state index contributed by atoms with van der Waals surface area (Å²) in [6.07, 6.45) is 1.70. The lowest BCUT2D eigenvalue weighted by Crippen LogP contribution is -2.05. The number of methoxy groups -OCH3 is 1. The zero-order valence-corrected chi connectivity index (χ0v) is 8.50. The molecule has 0 bridgehead atoms. The van der Waals surface area contributed by atoms with E-state index in [0.717, 1.165) is 0 Å². The van der Waals surface area contributed by atoms with Crippen molar-refractivity contribution in [3.8, 4) is 5.88 Å². The van der Waals surface area contributed by atoms with E-state index >= 15 is 0 Å². The first-order valence-electron chi connectivity index (χ1n) is 3.65. The Morgan fingerprint density at radius 2 is 2.23 bits per heavy atom. The van der Waals surface area contributed by atoms with Gasteiger partial charge in [0.15, 0.2) is 0 Å². The van der Waals surface area contributed by atoms with Crippen LogP contribution in [0.4, 0.5) is 5.69 Å². The molecule has 0 radical (unpaired) electrons. The quantitative estimate of drug-likeness (QED) is 0.729. The zero-order valence-electron chi connectivity index (χ0n) is 7.69. The molecule has 0 saturated carbocycles. The summed E-state index contributed by atoms with van der Waals surface area (Å²) in [4.78, 5) is 0. The standard InChI is InChI=1S/C7H13N3O2.ClH/c1-10-5-6(8)7(9-10)12-4-3-11-2;/h5H,3-4,8H2,1-2H3;1H. The fourth-order valence-corrected chi connectivity index (χ4v) is 0.820. The van der Waals surface area contributed by atoms with Crippen molar-refractivity contribution in [1.82, 2.24) is 9.78 Å². The molecule has 13 heavy (non-hydrogen) atoms. The SMILES string of the molecule is COCCOc1nn(C)cc1N.Cl. The van der Waals surface area contributed by atoms with E-state index < -0.39 is 0 Å². The smallest absolute Gasteiger partial charge is 0.256 e. The molecule has 0 aliphatic heterocycles. The number of nitrogens with two attached hydrogens (primary N) is 1. The molecule has 0 unspecified atom stereocenters. The Balaban J connectivity index is 0.00000144. The molecule has 0 aliphatic rings. The maximum absolute atomic E-state index is 5.57. The van der Waals surface area contributed by atoms with E-state index in [2.05, 4.69) is 5.10 Å². The van der Waals surface area contributed by atoms with Crippen LogP contribution in [0.25, 0.3) is 0 Å².